The maximum absolute atomic E-state index is 12.6. The molecule has 28 heavy (non-hydrogen) atoms. The van der Waals surface area contributed by atoms with Crippen molar-refractivity contribution in [2.75, 3.05) is 6.61 Å². The molecule has 3 rings (SSSR count). The van der Waals surface area contributed by atoms with E-state index in [9.17, 15) is 4.79 Å². The summed E-state index contributed by atoms with van der Waals surface area (Å²) in [6, 6.07) is 16.5. The van der Waals surface area contributed by atoms with Gasteiger partial charge in [0.2, 0.25) is 0 Å². The van der Waals surface area contributed by atoms with Crippen LogP contribution in [-0.2, 0) is 0 Å². The number of nitrogens with zero attached hydrogens (tertiary/aromatic N) is 2. The van der Waals surface area contributed by atoms with Gasteiger partial charge in [-0.3, -0.25) is 0 Å². The highest BCUT2D eigenvalue weighted by Gasteiger charge is 2.17. The molecule has 2 aromatic carbocycles. The molecule has 1 aromatic heterocycles. The largest absolute Gasteiger partial charge is 0.490 e. The van der Waals surface area contributed by atoms with Crippen LogP contribution in [0.15, 0.2) is 53.0 Å². The topological polar surface area (TPSA) is 64.2 Å². The van der Waals surface area contributed by atoms with Crippen molar-refractivity contribution < 1.29 is 14.3 Å². The standard InChI is InChI=1S/C22H19BrN2O3/c1-4-27-20-12-16(13-24)11-19(23)21(20)28-22(26)17-7-9-18(10-8-17)25-14(2)5-6-15(25)3/h5-12H,4H2,1-3H3. The van der Waals surface area contributed by atoms with E-state index in [0.29, 0.717) is 28.0 Å². The monoisotopic (exact) mass is 438 g/mol. The number of aromatic nitrogens is 1. The quantitative estimate of drug-likeness (QED) is 0.397. The first-order chi connectivity index (χ1) is 13.4. The van der Waals surface area contributed by atoms with Crippen LogP contribution in [0.25, 0.3) is 5.69 Å². The minimum absolute atomic E-state index is 0.257. The number of carbonyl (C=O) groups is 1. The van der Waals surface area contributed by atoms with E-state index < -0.39 is 5.97 Å². The van der Waals surface area contributed by atoms with Crippen molar-refractivity contribution in [2.45, 2.75) is 20.8 Å². The average molecular weight is 439 g/mol. The fourth-order valence-electron chi connectivity index (χ4n) is 2.97. The number of hydrogen-bond donors (Lipinski definition) is 0. The Morgan fingerprint density at radius 3 is 2.32 bits per heavy atom. The van der Waals surface area contributed by atoms with Gasteiger partial charge in [-0.1, -0.05) is 0 Å². The molecule has 0 fully saturated rings. The van der Waals surface area contributed by atoms with Crippen LogP contribution >= 0.6 is 15.9 Å². The first kappa shape index (κ1) is 19.7. The predicted molar refractivity (Wildman–Crippen MR) is 110 cm³/mol. The average Bonchev–Trinajstić information content (AvgIpc) is 3.02. The van der Waals surface area contributed by atoms with Crippen molar-refractivity contribution in [2.24, 2.45) is 0 Å². The number of esters is 1. The lowest BCUT2D eigenvalue weighted by atomic mass is 10.2. The lowest BCUT2D eigenvalue weighted by Gasteiger charge is -2.13. The minimum Gasteiger partial charge on any atom is -0.490 e. The molecule has 0 unspecified atom stereocenters. The molecule has 3 aromatic rings. The van der Waals surface area contributed by atoms with E-state index >= 15 is 0 Å². The molecule has 0 spiro atoms. The van der Waals surface area contributed by atoms with Gasteiger partial charge in [-0.25, -0.2) is 4.79 Å². The van der Waals surface area contributed by atoms with Gasteiger partial charge in [0.15, 0.2) is 11.5 Å². The molecule has 0 N–H and O–H groups in total. The smallest absolute Gasteiger partial charge is 0.343 e. The third-order valence-electron chi connectivity index (χ3n) is 4.27. The zero-order valence-electron chi connectivity index (χ0n) is 15.8. The van der Waals surface area contributed by atoms with Crippen LogP contribution in [0.4, 0.5) is 0 Å². The third-order valence-corrected chi connectivity index (χ3v) is 4.85. The Balaban J connectivity index is 1.87. The molecule has 0 aliphatic heterocycles. The number of halogens is 1. The van der Waals surface area contributed by atoms with Crippen LogP contribution in [0, 0.1) is 25.2 Å². The van der Waals surface area contributed by atoms with Gasteiger partial charge < -0.3 is 14.0 Å². The zero-order chi connectivity index (χ0) is 20.3. The number of benzene rings is 2. The van der Waals surface area contributed by atoms with E-state index in [1.54, 1.807) is 24.3 Å². The van der Waals surface area contributed by atoms with Crippen LogP contribution in [0.3, 0.4) is 0 Å². The van der Waals surface area contributed by atoms with Crippen LogP contribution in [0.2, 0.25) is 0 Å². The lowest BCUT2D eigenvalue weighted by molar-refractivity contribution is 0.0727. The molecule has 0 aliphatic carbocycles. The van der Waals surface area contributed by atoms with E-state index in [1.165, 1.54) is 0 Å². The van der Waals surface area contributed by atoms with E-state index in [2.05, 4.69) is 38.7 Å². The number of aryl methyl sites for hydroxylation is 2. The summed E-state index contributed by atoms with van der Waals surface area (Å²) >= 11 is 3.35. The molecule has 0 amide bonds. The normalized spacial score (nSPS) is 10.4. The first-order valence-electron chi connectivity index (χ1n) is 8.78. The summed E-state index contributed by atoms with van der Waals surface area (Å²) in [6.07, 6.45) is 0. The second kappa shape index (κ2) is 8.32. The summed E-state index contributed by atoms with van der Waals surface area (Å²) in [5.41, 5.74) is 4.05. The third kappa shape index (κ3) is 3.95. The molecule has 5 nitrogen and oxygen atoms in total. The summed E-state index contributed by atoms with van der Waals surface area (Å²) in [7, 11) is 0. The highest BCUT2D eigenvalue weighted by molar-refractivity contribution is 9.10. The van der Waals surface area contributed by atoms with Crippen molar-refractivity contribution in [3.05, 3.63) is 75.5 Å². The fraction of sp³-hybridized carbons (Fsp3) is 0.182. The Morgan fingerprint density at radius 2 is 1.75 bits per heavy atom. The van der Waals surface area contributed by atoms with Gasteiger partial charge in [-0.05, 0) is 79.2 Å². The molecule has 6 heteroatoms. The molecular weight excluding hydrogens is 420 g/mol. The Labute approximate surface area is 172 Å². The Morgan fingerprint density at radius 1 is 1.11 bits per heavy atom. The molecule has 0 bridgehead atoms. The number of carbonyl (C=O) groups excluding carboxylic acids is 1. The van der Waals surface area contributed by atoms with Crippen molar-refractivity contribution in [3.8, 4) is 23.3 Å². The molecule has 0 saturated heterocycles. The van der Waals surface area contributed by atoms with Crippen molar-refractivity contribution in [3.63, 3.8) is 0 Å². The summed E-state index contributed by atoms with van der Waals surface area (Å²) < 4.78 is 13.7. The SMILES string of the molecule is CCOc1cc(C#N)cc(Br)c1OC(=O)c1ccc(-n2c(C)ccc2C)cc1. The summed E-state index contributed by atoms with van der Waals surface area (Å²) in [6.45, 7) is 6.28. The van der Waals surface area contributed by atoms with Crippen LogP contribution in [0.1, 0.15) is 34.2 Å². The molecule has 0 atom stereocenters. The molecule has 0 radical (unpaired) electrons. The van der Waals surface area contributed by atoms with Crippen LogP contribution in [0.5, 0.6) is 11.5 Å². The molecule has 0 saturated carbocycles. The molecule has 142 valence electrons. The maximum atomic E-state index is 12.6. The highest BCUT2D eigenvalue weighted by Crippen LogP contribution is 2.37. The van der Waals surface area contributed by atoms with Crippen molar-refractivity contribution in [1.29, 1.82) is 5.26 Å². The van der Waals surface area contributed by atoms with Gasteiger partial charge in [0, 0.05) is 23.1 Å². The molecule has 1 heterocycles. The van der Waals surface area contributed by atoms with Crippen LogP contribution < -0.4 is 9.47 Å². The molecular formula is C22H19BrN2O3. The predicted octanol–water partition coefficient (Wildman–Crippen LogP) is 5.35. The van der Waals surface area contributed by atoms with Crippen molar-refractivity contribution in [1.82, 2.24) is 4.57 Å². The number of hydrogen-bond acceptors (Lipinski definition) is 4. The number of rotatable bonds is 5. The number of nitriles is 1. The molecule has 0 aliphatic rings. The highest BCUT2D eigenvalue weighted by atomic mass is 79.9. The fourth-order valence-corrected chi connectivity index (χ4v) is 3.49. The van der Waals surface area contributed by atoms with E-state index in [4.69, 9.17) is 14.7 Å². The Hall–Kier alpha value is -3.04. The van der Waals surface area contributed by atoms with Gasteiger partial charge in [0.05, 0.1) is 28.3 Å². The van der Waals surface area contributed by atoms with Gasteiger partial charge >= 0.3 is 5.97 Å². The lowest BCUT2D eigenvalue weighted by Crippen LogP contribution is -2.10. The van der Waals surface area contributed by atoms with E-state index in [-0.39, 0.29) is 5.75 Å². The van der Waals surface area contributed by atoms with E-state index in [0.717, 1.165) is 17.1 Å². The summed E-state index contributed by atoms with van der Waals surface area (Å²) in [5.74, 6) is 0.0999. The summed E-state index contributed by atoms with van der Waals surface area (Å²) in [4.78, 5) is 12.6. The maximum Gasteiger partial charge on any atom is 0.343 e. The van der Waals surface area contributed by atoms with Gasteiger partial charge in [0.25, 0.3) is 0 Å². The minimum atomic E-state index is -0.501. The van der Waals surface area contributed by atoms with Gasteiger partial charge in [0.1, 0.15) is 0 Å². The summed E-state index contributed by atoms with van der Waals surface area (Å²) in [5, 5.41) is 9.11. The van der Waals surface area contributed by atoms with Gasteiger partial charge in [-0.2, -0.15) is 5.26 Å². The Bertz CT molecular complexity index is 1040. The number of ether oxygens (including phenoxy) is 2. The zero-order valence-corrected chi connectivity index (χ0v) is 17.4. The van der Waals surface area contributed by atoms with Crippen LogP contribution in [-0.4, -0.2) is 17.1 Å². The van der Waals surface area contributed by atoms with E-state index in [1.807, 2.05) is 32.9 Å². The second-order valence-corrected chi connectivity index (χ2v) is 7.07. The second-order valence-electron chi connectivity index (χ2n) is 6.22. The Kier molecular flexibility index (Phi) is 5.86. The van der Waals surface area contributed by atoms with Crippen molar-refractivity contribution >= 4 is 21.9 Å². The first-order valence-corrected chi connectivity index (χ1v) is 9.58. The van der Waals surface area contributed by atoms with Gasteiger partial charge in [-0.15, -0.1) is 0 Å².